The van der Waals surface area contributed by atoms with Gasteiger partial charge in [0.1, 0.15) is 0 Å². The largest absolute Gasteiger partial charge is 0.374 e. The van der Waals surface area contributed by atoms with Gasteiger partial charge in [0.15, 0.2) is 0 Å². The molecule has 3 nitrogen and oxygen atoms in total. The summed E-state index contributed by atoms with van der Waals surface area (Å²) in [6.45, 7) is 9.54. The fraction of sp³-hybridized carbons (Fsp3) is 0.647. The average Bonchev–Trinajstić information content (AvgIpc) is 2.50. The third-order valence-corrected chi connectivity index (χ3v) is 4.53. The molecule has 2 rings (SSSR count). The molecule has 1 aliphatic heterocycles. The van der Waals surface area contributed by atoms with E-state index < -0.39 is 0 Å². The fourth-order valence-corrected chi connectivity index (χ4v) is 3.23. The summed E-state index contributed by atoms with van der Waals surface area (Å²) in [6.07, 6.45) is 2.52. The Bertz CT molecular complexity index is 408. The van der Waals surface area contributed by atoms with Crippen molar-refractivity contribution >= 4 is 15.9 Å². The molecule has 1 N–H and O–H groups in total. The van der Waals surface area contributed by atoms with Gasteiger partial charge in [0.25, 0.3) is 0 Å². The van der Waals surface area contributed by atoms with Crippen LogP contribution in [-0.2, 0) is 11.2 Å². The minimum Gasteiger partial charge on any atom is -0.374 e. The van der Waals surface area contributed by atoms with E-state index in [4.69, 9.17) is 4.74 Å². The summed E-state index contributed by atoms with van der Waals surface area (Å²) in [7, 11) is 0. The second-order valence-electron chi connectivity index (χ2n) is 5.70. The zero-order valence-corrected chi connectivity index (χ0v) is 14.7. The summed E-state index contributed by atoms with van der Waals surface area (Å²) in [5.74, 6) is 0. The normalized spacial score (nSPS) is 21.4. The quantitative estimate of drug-likeness (QED) is 0.814. The van der Waals surface area contributed by atoms with Crippen molar-refractivity contribution in [2.45, 2.75) is 38.8 Å². The monoisotopic (exact) mass is 354 g/mol. The number of likely N-dealkylation sites (N-methyl/N-ethyl adjacent to an activating group) is 1. The SMILES string of the molecule is CCCN1CCOC(C(Cc2ccc(Br)cc2)NCC)C1. The number of halogens is 1. The lowest BCUT2D eigenvalue weighted by Gasteiger charge is -2.37. The summed E-state index contributed by atoms with van der Waals surface area (Å²) < 4.78 is 7.19. The first kappa shape index (κ1) is 16.9. The number of hydrogen-bond donors (Lipinski definition) is 1. The maximum atomic E-state index is 6.05. The van der Waals surface area contributed by atoms with Gasteiger partial charge in [-0.05, 0) is 43.6 Å². The summed E-state index contributed by atoms with van der Waals surface area (Å²) in [4.78, 5) is 2.53. The van der Waals surface area contributed by atoms with Crippen LogP contribution in [0.25, 0.3) is 0 Å². The van der Waals surface area contributed by atoms with Crippen molar-refractivity contribution in [1.82, 2.24) is 10.2 Å². The lowest BCUT2D eigenvalue weighted by Crippen LogP contribution is -2.53. The van der Waals surface area contributed by atoms with Gasteiger partial charge in [0, 0.05) is 23.6 Å². The zero-order chi connectivity index (χ0) is 15.1. The van der Waals surface area contributed by atoms with Crippen molar-refractivity contribution in [3.63, 3.8) is 0 Å². The Morgan fingerprint density at radius 1 is 1.33 bits per heavy atom. The van der Waals surface area contributed by atoms with Crippen molar-refractivity contribution in [2.75, 3.05) is 32.8 Å². The van der Waals surface area contributed by atoms with Crippen molar-refractivity contribution in [3.8, 4) is 0 Å². The maximum Gasteiger partial charge on any atom is 0.0858 e. The van der Waals surface area contributed by atoms with Crippen LogP contribution in [0.3, 0.4) is 0 Å². The van der Waals surface area contributed by atoms with Crippen LogP contribution < -0.4 is 5.32 Å². The van der Waals surface area contributed by atoms with Crippen molar-refractivity contribution in [3.05, 3.63) is 34.3 Å². The summed E-state index contributed by atoms with van der Waals surface area (Å²) >= 11 is 3.50. The lowest BCUT2D eigenvalue weighted by atomic mass is 10.00. The first-order chi connectivity index (χ1) is 10.2. The van der Waals surface area contributed by atoms with E-state index in [0.717, 1.165) is 37.1 Å². The molecule has 1 saturated heterocycles. The number of nitrogens with zero attached hydrogens (tertiary/aromatic N) is 1. The average molecular weight is 355 g/mol. The van der Waals surface area contributed by atoms with Crippen LogP contribution in [0.15, 0.2) is 28.7 Å². The number of ether oxygens (including phenoxy) is 1. The molecular formula is C17H27BrN2O. The van der Waals surface area contributed by atoms with E-state index in [0.29, 0.717) is 6.04 Å². The van der Waals surface area contributed by atoms with Crippen LogP contribution in [0.4, 0.5) is 0 Å². The number of benzene rings is 1. The molecule has 21 heavy (non-hydrogen) atoms. The Morgan fingerprint density at radius 3 is 2.76 bits per heavy atom. The van der Waals surface area contributed by atoms with Gasteiger partial charge in [-0.2, -0.15) is 0 Å². The molecule has 1 aromatic carbocycles. The first-order valence-corrected chi connectivity index (χ1v) is 8.84. The number of hydrogen-bond acceptors (Lipinski definition) is 3. The molecule has 0 bridgehead atoms. The second kappa shape index (κ2) is 8.89. The summed E-state index contributed by atoms with van der Waals surface area (Å²) in [6, 6.07) is 9.01. The van der Waals surface area contributed by atoms with E-state index in [9.17, 15) is 0 Å². The standard InChI is InChI=1S/C17H27BrN2O/c1-3-9-20-10-11-21-17(13-20)16(19-4-2)12-14-5-7-15(18)8-6-14/h5-8,16-17,19H,3-4,9-13H2,1-2H3. The van der Waals surface area contributed by atoms with Crippen LogP contribution in [0.5, 0.6) is 0 Å². The highest BCUT2D eigenvalue weighted by Crippen LogP contribution is 2.16. The number of rotatable bonds is 7. The lowest BCUT2D eigenvalue weighted by molar-refractivity contribution is -0.0459. The zero-order valence-electron chi connectivity index (χ0n) is 13.1. The third-order valence-electron chi connectivity index (χ3n) is 4.00. The Hall–Kier alpha value is -0.420. The molecule has 1 heterocycles. The predicted octanol–water partition coefficient (Wildman–Crippen LogP) is 3.08. The molecule has 0 aromatic heterocycles. The van der Waals surface area contributed by atoms with Crippen molar-refractivity contribution in [1.29, 1.82) is 0 Å². The highest BCUT2D eigenvalue weighted by molar-refractivity contribution is 9.10. The smallest absolute Gasteiger partial charge is 0.0858 e. The topological polar surface area (TPSA) is 24.5 Å². The van der Waals surface area contributed by atoms with Crippen molar-refractivity contribution in [2.24, 2.45) is 0 Å². The Kier molecular flexibility index (Phi) is 7.17. The highest BCUT2D eigenvalue weighted by Gasteiger charge is 2.27. The van der Waals surface area contributed by atoms with Crippen molar-refractivity contribution < 1.29 is 4.74 Å². The van der Waals surface area contributed by atoms with Gasteiger partial charge < -0.3 is 10.1 Å². The van der Waals surface area contributed by atoms with E-state index in [1.165, 1.54) is 18.5 Å². The first-order valence-electron chi connectivity index (χ1n) is 8.04. The molecule has 0 radical (unpaired) electrons. The van der Waals surface area contributed by atoms with Crippen LogP contribution in [-0.4, -0.2) is 49.8 Å². The van der Waals surface area contributed by atoms with Gasteiger partial charge in [-0.15, -0.1) is 0 Å². The van der Waals surface area contributed by atoms with Gasteiger partial charge in [0.05, 0.1) is 12.7 Å². The molecule has 2 atom stereocenters. The van der Waals surface area contributed by atoms with E-state index in [1.54, 1.807) is 0 Å². The molecule has 1 fully saturated rings. The molecule has 0 spiro atoms. The predicted molar refractivity (Wildman–Crippen MR) is 91.8 cm³/mol. The molecule has 0 aliphatic carbocycles. The van der Waals surface area contributed by atoms with Gasteiger partial charge in [-0.25, -0.2) is 0 Å². The van der Waals surface area contributed by atoms with E-state index in [1.807, 2.05) is 0 Å². The van der Waals surface area contributed by atoms with E-state index in [2.05, 4.69) is 64.3 Å². The van der Waals surface area contributed by atoms with E-state index in [-0.39, 0.29) is 6.10 Å². The van der Waals surface area contributed by atoms with Crippen LogP contribution in [0.1, 0.15) is 25.8 Å². The van der Waals surface area contributed by atoms with Gasteiger partial charge in [0.2, 0.25) is 0 Å². The molecule has 0 saturated carbocycles. The Balaban J connectivity index is 1.98. The molecular weight excluding hydrogens is 328 g/mol. The minimum atomic E-state index is 0.286. The molecule has 118 valence electrons. The second-order valence-corrected chi connectivity index (χ2v) is 6.62. The van der Waals surface area contributed by atoms with Crippen LogP contribution in [0, 0.1) is 0 Å². The summed E-state index contributed by atoms with van der Waals surface area (Å²) in [5, 5.41) is 3.61. The summed E-state index contributed by atoms with van der Waals surface area (Å²) in [5.41, 5.74) is 1.36. The fourth-order valence-electron chi connectivity index (χ4n) is 2.97. The van der Waals surface area contributed by atoms with Crippen LogP contribution in [0.2, 0.25) is 0 Å². The molecule has 0 amide bonds. The van der Waals surface area contributed by atoms with E-state index >= 15 is 0 Å². The number of nitrogens with one attached hydrogen (secondary N) is 1. The molecule has 1 aromatic rings. The molecule has 4 heteroatoms. The maximum absolute atomic E-state index is 6.05. The van der Waals surface area contributed by atoms with Gasteiger partial charge in [-0.3, -0.25) is 4.90 Å². The van der Waals surface area contributed by atoms with Gasteiger partial charge in [-0.1, -0.05) is 41.9 Å². The molecule has 1 aliphatic rings. The Labute approximate surface area is 137 Å². The number of morpholine rings is 1. The highest BCUT2D eigenvalue weighted by atomic mass is 79.9. The van der Waals surface area contributed by atoms with Crippen LogP contribution >= 0.6 is 15.9 Å². The van der Waals surface area contributed by atoms with Gasteiger partial charge >= 0.3 is 0 Å². The molecule has 2 unspecified atom stereocenters. The minimum absolute atomic E-state index is 0.286. The third kappa shape index (κ3) is 5.37. The Morgan fingerprint density at radius 2 is 2.10 bits per heavy atom.